The molecule has 0 bridgehead atoms. The topological polar surface area (TPSA) is 27.9 Å². The van der Waals surface area contributed by atoms with E-state index in [1.807, 2.05) is 0 Å². The van der Waals surface area contributed by atoms with Crippen LogP contribution in [-0.2, 0) is 0 Å². The Labute approximate surface area is 345 Å². The predicted molar refractivity (Wildman–Crippen MR) is 250 cm³/mol. The summed E-state index contributed by atoms with van der Waals surface area (Å²) in [5.74, 6) is 0. The lowest BCUT2D eigenvalue weighted by molar-refractivity contribution is 0.645. The highest BCUT2D eigenvalue weighted by Crippen LogP contribution is 2.44. The first-order valence-corrected chi connectivity index (χ1v) is 20.5. The number of hydrogen-bond donors (Lipinski definition) is 0. The number of benzene rings is 9. The Morgan fingerprint density at radius 2 is 0.767 bits per heavy atom. The maximum absolute atomic E-state index is 6.77. The summed E-state index contributed by atoms with van der Waals surface area (Å²) in [7, 11) is 0. The number of furan rings is 1. The molecular formula is C56H35N3O. The molecule has 4 heteroatoms. The molecule has 0 aliphatic heterocycles. The van der Waals surface area contributed by atoms with Crippen molar-refractivity contribution in [2.75, 3.05) is 0 Å². The minimum Gasteiger partial charge on any atom is -0.439 e. The molecular weight excluding hydrogens is 731 g/mol. The van der Waals surface area contributed by atoms with Crippen molar-refractivity contribution in [1.29, 1.82) is 0 Å². The van der Waals surface area contributed by atoms with Crippen LogP contribution in [0.4, 0.5) is 0 Å². The van der Waals surface area contributed by atoms with Crippen molar-refractivity contribution >= 4 is 76.6 Å². The van der Waals surface area contributed by atoms with Crippen LogP contribution in [0, 0.1) is 0 Å². The zero-order chi connectivity index (χ0) is 39.3. The molecule has 0 fully saturated rings. The van der Waals surface area contributed by atoms with Crippen molar-refractivity contribution < 1.29 is 4.42 Å². The highest BCUT2D eigenvalue weighted by molar-refractivity contribution is 6.23. The van der Waals surface area contributed by atoms with Gasteiger partial charge in [0, 0.05) is 49.4 Å². The first kappa shape index (κ1) is 32.9. The van der Waals surface area contributed by atoms with E-state index in [0.717, 1.165) is 50.1 Å². The summed E-state index contributed by atoms with van der Waals surface area (Å²) in [5, 5.41) is 8.41. The van der Waals surface area contributed by atoms with Gasteiger partial charge in [0.25, 0.3) is 0 Å². The molecule has 0 radical (unpaired) electrons. The Balaban J connectivity index is 0.972. The third kappa shape index (κ3) is 4.73. The average molecular weight is 766 g/mol. The smallest absolute Gasteiger partial charge is 0.213 e. The van der Waals surface area contributed by atoms with Gasteiger partial charge in [-0.1, -0.05) is 127 Å². The van der Waals surface area contributed by atoms with Crippen molar-refractivity contribution in [3.8, 4) is 39.3 Å². The Morgan fingerprint density at radius 1 is 0.283 bits per heavy atom. The van der Waals surface area contributed by atoms with E-state index in [9.17, 15) is 0 Å². The summed E-state index contributed by atoms with van der Waals surface area (Å²) < 4.78 is 13.8. The number of fused-ring (bicyclic) bond motifs is 11. The third-order valence-corrected chi connectivity index (χ3v) is 12.4. The Kier molecular flexibility index (Phi) is 6.98. The Bertz CT molecular complexity index is 3820. The molecule has 0 saturated heterocycles. The average Bonchev–Trinajstić information content (AvgIpc) is 4.05. The maximum Gasteiger partial charge on any atom is 0.213 e. The fraction of sp³-hybridized carbons (Fsp3) is 0. The normalized spacial score (nSPS) is 12.0. The number of hydrogen-bond acceptors (Lipinski definition) is 1. The molecule has 0 saturated carbocycles. The van der Waals surface area contributed by atoms with E-state index < -0.39 is 0 Å². The lowest BCUT2D eigenvalue weighted by Gasteiger charge is -2.11. The van der Waals surface area contributed by atoms with Gasteiger partial charge in [0.2, 0.25) is 5.71 Å². The lowest BCUT2D eigenvalue weighted by Crippen LogP contribution is -1.94. The first-order valence-electron chi connectivity index (χ1n) is 20.5. The van der Waals surface area contributed by atoms with Crippen LogP contribution in [0.1, 0.15) is 0 Å². The van der Waals surface area contributed by atoms with Gasteiger partial charge in [-0.05, 0) is 107 Å². The molecule has 0 aliphatic carbocycles. The number of nitrogens with zero attached hydrogens (tertiary/aromatic N) is 3. The van der Waals surface area contributed by atoms with Crippen LogP contribution in [0.3, 0.4) is 0 Å². The standard InChI is InChI=1S/C56H35N3O/c1-3-16-39(17-4-1)57-48-25-10-7-21-43(48)46-34-36(29-31-51(46)57)37-30-32-52-47(35-37)44-22-8-11-26-49(44)58(52)41-20-13-15-38(33-41)42-24-14-28-53-54(42)55-45-23-9-12-27-50(45)59(56(55)60-53)40-18-5-2-6-19-40/h1-35H. The second-order valence-corrected chi connectivity index (χ2v) is 15.7. The fourth-order valence-electron chi connectivity index (χ4n) is 9.86. The second-order valence-electron chi connectivity index (χ2n) is 15.7. The second kappa shape index (κ2) is 12.7. The SMILES string of the molecule is c1ccc(-n2c3ccccc3c3cc(-c4ccc5c(c4)c4ccccc4n5-c4cccc(-c5cccc6oc7c(c8ccccc8n7-c7ccccc7)c56)c4)ccc32)cc1. The molecule has 9 aromatic carbocycles. The quantitative estimate of drug-likeness (QED) is 0.171. The fourth-order valence-corrected chi connectivity index (χ4v) is 9.86. The molecule has 280 valence electrons. The van der Waals surface area contributed by atoms with E-state index in [4.69, 9.17) is 4.42 Å². The molecule has 0 atom stereocenters. The van der Waals surface area contributed by atoms with E-state index in [-0.39, 0.29) is 0 Å². The van der Waals surface area contributed by atoms with E-state index >= 15 is 0 Å². The molecule has 60 heavy (non-hydrogen) atoms. The highest BCUT2D eigenvalue weighted by Gasteiger charge is 2.22. The Hall–Kier alpha value is -8.08. The molecule has 4 heterocycles. The first-order chi connectivity index (χ1) is 29.8. The van der Waals surface area contributed by atoms with Gasteiger partial charge >= 0.3 is 0 Å². The molecule has 0 N–H and O–H groups in total. The molecule has 13 rings (SSSR count). The summed E-state index contributed by atoms with van der Waals surface area (Å²) in [4.78, 5) is 0. The van der Waals surface area contributed by atoms with Crippen LogP contribution in [0.15, 0.2) is 217 Å². The van der Waals surface area contributed by atoms with Gasteiger partial charge in [0.05, 0.1) is 33.0 Å². The molecule has 0 unspecified atom stereocenters. The van der Waals surface area contributed by atoms with Crippen LogP contribution < -0.4 is 0 Å². The lowest BCUT2D eigenvalue weighted by atomic mass is 9.98. The number of aromatic nitrogens is 3. The number of para-hydroxylation sites is 5. The van der Waals surface area contributed by atoms with Crippen LogP contribution in [0.2, 0.25) is 0 Å². The molecule has 0 aliphatic rings. The zero-order valence-corrected chi connectivity index (χ0v) is 32.5. The van der Waals surface area contributed by atoms with Crippen molar-refractivity contribution in [1.82, 2.24) is 13.7 Å². The van der Waals surface area contributed by atoms with Gasteiger partial charge in [0.15, 0.2) is 0 Å². The molecule has 4 nitrogen and oxygen atoms in total. The third-order valence-electron chi connectivity index (χ3n) is 12.4. The summed E-state index contributed by atoms with van der Waals surface area (Å²) >= 11 is 0. The van der Waals surface area contributed by atoms with Crippen LogP contribution in [0.5, 0.6) is 0 Å². The molecule has 0 amide bonds. The summed E-state index contributed by atoms with van der Waals surface area (Å²) in [6, 6.07) is 76.6. The van der Waals surface area contributed by atoms with Gasteiger partial charge in [-0.2, -0.15) is 0 Å². The summed E-state index contributed by atoms with van der Waals surface area (Å²) in [6.45, 7) is 0. The van der Waals surface area contributed by atoms with E-state index in [2.05, 4.69) is 226 Å². The van der Waals surface area contributed by atoms with Gasteiger partial charge in [0.1, 0.15) is 5.58 Å². The van der Waals surface area contributed by atoms with E-state index in [1.54, 1.807) is 0 Å². The largest absolute Gasteiger partial charge is 0.439 e. The van der Waals surface area contributed by atoms with Gasteiger partial charge in [-0.3, -0.25) is 4.57 Å². The maximum atomic E-state index is 6.77. The van der Waals surface area contributed by atoms with Gasteiger partial charge in [-0.25, -0.2) is 0 Å². The minimum atomic E-state index is 0.861. The molecule has 4 aromatic heterocycles. The predicted octanol–water partition coefficient (Wildman–Crippen LogP) is 15.1. The van der Waals surface area contributed by atoms with E-state index in [1.165, 1.54) is 65.8 Å². The van der Waals surface area contributed by atoms with Crippen LogP contribution in [-0.4, -0.2) is 13.7 Å². The molecule has 13 aromatic rings. The van der Waals surface area contributed by atoms with Gasteiger partial charge in [-0.15, -0.1) is 0 Å². The van der Waals surface area contributed by atoms with Crippen LogP contribution in [0.25, 0.3) is 116 Å². The zero-order valence-electron chi connectivity index (χ0n) is 32.5. The highest BCUT2D eigenvalue weighted by atomic mass is 16.3. The van der Waals surface area contributed by atoms with Crippen molar-refractivity contribution in [3.63, 3.8) is 0 Å². The summed E-state index contributed by atoms with van der Waals surface area (Å²) in [5.41, 5.74) is 15.7. The Morgan fingerprint density at radius 3 is 1.40 bits per heavy atom. The van der Waals surface area contributed by atoms with Gasteiger partial charge < -0.3 is 13.6 Å². The number of rotatable bonds is 5. The van der Waals surface area contributed by atoms with Crippen molar-refractivity contribution in [2.45, 2.75) is 0 Å². The summed E-state index contributed by atoms with van der Waals surface area (Å²) in [6.07, 6.45) is 0. The van der Waals surface area contributed by atoms with E-state index in [0.29, 0.717) is 0 Å². The monoisotopic (exact) mass is 765 g/mol. The minimum absolute atomic E-state index is 0.861. The van der Waals surface area contributed by atoms with Crippen molar-refractivity contribution in [2.24, 2.45) is 0 Å². The van der Waals surface area contributed by atoms with Crippen LogP contribution >= 0.6 is 0 Å². The van der Waals surface area contributed by atoms with Crippen molar-refractivity contribution in [3.05, 3.63) is 212 Å². The molecule has 0 spiro atoms.